The van der Waals surface area contributed by atoms with Gasteiger partial charge in [0.25, 0.3) is 0 Å². The molecule has 0 aromatic carbocycles. The summed E-state index contributed by atoms with van der Waals surface area (Å²) < 4.78 is 1.27. The van der Waals surface area contributed by atoms with Gasteiger partial charge in [0.15, 0.2) is 5.82 Å². The second-order valence-electron chi connectivity index (χ2n) is 1.55. The Morgan fingerprint density at radius 3 is 2.60 bits per heavy atom. The number of aromatic carboxylic acids is 1. The molecule has 0 bridgehead atoms. The Labute approximate surface area is 99.9 Å². The van der Waals surface area contributed by atoms with Crippen LogP contribution in [0, 0.1) is 0 Å². The monoisotopic (exact) mass is 165 g/mol. The first-order valence-electron chi connectivity index (χ1n) is 2.27. The zero-order valence-corrected chi connectivity index (χ0v) is 8.86. The van der Waals surface area contributed by atoms with Gasteiger partial charge in [0.1, 0.15) is 12.3 Å². The molecule has 0 fully saturated rings. The van der Waals surface area contributed by atoms with Crippen molar-refractivity contribution in [3.63, 3.8) is 0 Å². The molecule has 1 aromatic rings. The van der Waals surface area contributed by atoms with Gasteiger partial charge in [0.05, 0.1) is 0 Å². The first kappa shape index (κ1) is 10.2. The SMILES string of the molecule is Cn1cnnc1C(=O)[O-].[K+]. The van der Waals surface area contributed by atoms with Crippen molar-refractivity contribution in [2.45, 2.75) is 0 Å². The summed E-state index contributed by atoms with van der Waals surface area (Å²) in [5, 5.41) is 16.6. The number of carbonyl (C=O) groups is 1. The van der Waals surface area contributed by atoms with Gasteiger partial charge < -0.3 is 14.5 Å². The van der Waals surface area contributed by atoms with E-state index in [0.717, 1.165) is 0 Å². The van der Waals surface area contributed by atoms with Crippen LogP contribution in [0.2, 0.25) is 0 Å². The smallest absolute Gasteiger partial charge is 0.541 e. The van der Waals surface area contributed by atoms with Gasteiger partial charge in [-0.2, -0.15) is 0 Å². The van der Waals surface area contributed by atoms with Crippen LogP contribution in [0.4, 0.5) is 0 Å². The van der Waals surface area contributed by atoms with Crippen molar-refractivity contribution in [2.24, 2.45) is 7.05 Å². The van der Waals surface area contributed by atoms with Crippen LogP contribution in [0.1, 0.15) is 10.6 Å². The molecule has 0 aliphatic rings. The van der Waals surface area contributed by atoms with E-state index in [2.05, 4.69) is 10.2 Å². The summed E-state index contributed by atoms with van der Waals surface area (Å²) in [5.41, 5.74) is 0. The van der Waals surface area contributed by atoms with Crippen molar-refractivity contribution in [1.29, 1.82) is 0 Å². The molecule has 0 amide bonds. The third-order valence-electron chi connectivity index (χ3n) is 0.894. The van der Waals surface area contributed by atoms with E-state index in [1.165, 1.54) is 17.9 Å². The zero-order valence-electron chi connectivity index (χ0n) is 5.74. The third-order valence-corrected chi connectivity index (χ3v) is 0.894. The summed E-state index contributed by atoms with van der Waals surface area (Å²) in [6, 6.07) is 0. The molecule has 5 nitrogen and oxygen atoms in total. The topological polar surface area (TPSA) is 70.8 Å². The average Bonchev–Trinajstić information content (AvgIpc) is 2.13. The molecule has 0 atom stereocenters. The van der Waals surface area contributed by atoms with E-state index in [1.54, 1.807) is 0 Å². The molecule has 1 heterocycles. The molecule has 0 aliphatic carbocycles. The van der Waals surface area contributed by atoms with E-state index in [-0.39, 0.29) is 57.2 Å². The van der Waals surface area contributed by atoms with E-state index in [0.29, 0.717) is 0 Å². The van der Waals surface area contributed by atoms with Crippen LogP contribution in [0.3, 0.4) is 0 Å². The summed E-state index contributed by atoms with van der Waals surface area (Å²) in [6.07, 6.45) is 1.30. The second kappa shape index (κ2) is 4.19. The standard InChI is InChI=1S/C4H5N3O2.K/c1-7-2-5-6-3(7)4(8)9;/h2H,1H3,(H,8,9);/q;+1/p-1. The van der Waals surface area contributed by atoms with Crippen LogP contribution >= 0.6 is 0 Å². The maximum atomic E-state index is 10.0. The first-order valence-corrected chi connectivity index (χ1v) is 2.27. The van der Waals surface area contributed by atoms with Gasteiger partial charge in [-0.05, 0) is 0 Å². The van der Waals surface area contributed by atoms with Crippen molar-refractivity contribution in [3.05, 3.63) is 12.2 Å². The molecule has 0 aliphatic heterocycles. The van der Waals surface area contributed by atoms with Gasteiger partial charge in [-0.25, -0.2) is 0 Å². The molecule has 48 valence electrons. The summed E-state index contributed by atoms with van der Waals surface area (Å²) in [5.74, 6) is -1.47. The van der Waals surface area contributed by atoms with Crippen LogP contribution in [0.25, 0.3) is 0 Å². The maximum absolute atomic E-state index is 10.0. The summed E-state index contributed by atoms with van der Waals surface area (Å²) in [6.45, 7) is 0. The van der Waals surface area contributed by atoms with Crippen molar-refractivity contribution in [1.82, 2.24) is 14.8 Å². The van der Waals surface area contributed by atoms with Gasteiger partial charge >= 0.3 is 51.4 Å². The van der Waals surface area contributed by atoms with Crippen molar-refractivity contribution in [3.8, 4) is 0 Å². The summed E-state index contributed by atoms with van der Waals surface area (Å²) >= 11 is 0. The Balaban J connectivity index is 0.000000810. The zero-order chi connectivity index (χ0) is 6.85. The second-order valence-corrected chi connectivity index (χ2v) is 1.55. The molecular formula is C4H4KN3O2. The molecule has 0 saturated carbocycles. The molecule has 10 heavy (non-hydrogen) atoms. The fourth-order valence-electron chi connectivity index (χ4n) is 0.468. The number of nitrogens with zero attached hydrogens (tertiary/aromatic N) is 3. The van der Waals surface area contributed by atoms with Gasteiger partial charge in [0, 0.05) is 7.05 Å². The Kier molecular flexibility index (Phi) is 4.30. The quantitative estimate of drug-likeness (QED) is 0.391. The molecule has 0 N–H and O–H groups in total. The number of rotatable bonds is 1. The summed E-state index contributed by atoms with van der Waals surface area (Å²) in [4.78, 5) is 10.0. The van der Waals surface area contributed by atoms with Crippen LogP contribution in [-0.4, -0.2) is 20.7 Å². The molecule has 0 saturated heterocycles. The van der Waals surface area contributed by atoms with Crippen molar-refractivity contribution < 1.29 is 61.3 Å². The molecule has 0 radical (unpaired) electrons. The average molecular weight is 165 g/mol. The number of hydrogen-bond donors (Lipinski definition) is 0. The number of aromatic nitrogens is 3. The number of hydrogen-bond acceptors (Lipinski definition) is 4. The normalized spacial score (nSPS) is 8.50. The molecule has 1 aromatic heterocycles. The minimum absolute atomic E-state index is 0. The fourth-order valence-corrected chi connectivity index (χ4v) is 0.468. The number of carbonyl (C=O) groups excluding carboxylic acids is 1. The van der Waals surface area contributed by atoms with Crippen LogP contribution in [-0.2, 0) is 7.05 Å². The van der Waals surface area contributed by atoms with Crippen LogP contribution < -0.4 is 56.5 Å². The van der Waals surface area contributed by atoms with E-state index < -0.39 is 5.97 Å². The Bertz CT molecular complexity index is 234. The summed E-state index contributed by atoms with van der Waals surface area (Å²) in [7, 11) is 1.53. The number of carboxylic acids is 1. The molecule has 0 spiro atoms. The predicted molar refractivity (Wildman–Crippen MR) is 25.3 cm³/mol. The maximum Gasteiger partial charge on any atom is 1.00 e. The molecular weight excluding hydrogens is 161 g/mol. The van der Waals surface area contributed by atoms with E-state index >= 15 is 0 Å². The van der Waals surface area contributed by atoms with E-state index in [4.69, 9.17) is 0 Å². The third kappa shape index (κ3) is 2.13. The van der Waals surface area contributed by atoms with Gasteiger partial charge in [-0.15, -0.1) is 10.2 Å². The Hall–Kier alpha value is 0.246. The molecule has 0 unspecified atom stereocenters. The van der Waals surface area contributed by atoms with Gasteiger partial charge in [0.2, 0.25) is 0 Å². The number of aryl methyl sites for hydroxylation is 1. The van der Waals surface area contributed by atoms with Crippen LogP contribution in [0.5, 0.6) is 0 Å². The van der Waals surface area contributed by atoms with Gasteiger partial charge in [-0.1, -0.05) is 0 Å². The molecule has 6 heteroatoms. The van der Waals surface area contributed by atoms with E-state index in [1.807, 2.05) is 0 Å². The van der Waals surface area contributed by atoms with Crippen LogP contribution in [0.15, 0.2) is 6.33 Å². The largest absolute Gasteiger partial charge is 1.00 e. The minimum Gasteiger partial charge on any atom is -0.541 e. The first-order chi connectivity index (χ1) is 4.22. The minimum atomic E-state index is -1.31. The van der Waals surface area contributed by atoms with Crippen molar-refractivity contribution >= 4 is 5.97 Å². The Morgan fingerprint density at radius 2 is 2.40 bits per heavy atom. The predicted octanol–water partition coefficient (Wildman–Crippen LogP) is -4.82. The van der Waals surface area contributed by atoms with Gasteiger partial charge in [-0.3, -0.25) is 0 Å². The fraction of sp³-hybridized carbons (Fsp3) is 0.250. The van der Waals surface area contributed by atoms with E-state index in [9.17, 15) is 9.90 Å². The Morgan fingerprint density at radius 1 is 1.80 bits per heavy atom. The number of carboxylic acid groups (broad SMARTS) is 1. The molecule has 1 rings (SSSR count). The van der Waals surface area contributed by atoms with Crippen molar-refractivity contribution in [2.75, 3.05) is 0 Å².